The molecule has 1 aliphatic rings. The predicted octanol–water partition coefficient (Wildman–Crippen LogP) is 3.94. The van der Waals surface area contributed by atoms with Gasteiger partial charge in [0.05, 0.1) is 10.9 Å². The molecule has 1 aromatic carbocycles. The highest BCUT2D eigenvalue weighted by molar-refractivity contribution is 7.12. The second-order valence-electron chi connectivity index (χ2n) is 5.13. The van der Waals surface area contributed by atoms with Crippen molar-refractivity contribution in [3.63, 3.8) is 0 Å². The van der Waals surface area contributed by atoms with E-state index in [0.29, 0.717) is 5.92 Å². The molecular weight excluding hydrogens is 254 g/mol. The van der Waals surface area contributed by atoms with E-state index in [-0.39, 0.29) is 11.9 Å². The van der Waals surface area contributed by atoms with Crippen molar-refractivity contribution in [2.45, 2.75) is 25.8 Å². The monoisotopic (exact) mass is 271 g/mol. The molecule has 0 bridgehead atoms. The van der Waals surface area contributed by atoms with E-state index < -0.39 is 0 Å². The molecule has 2 aromatic rings. The van der Waals surface area contributed by atoms with E-state index in [1.807, 2.05) is 36.6 Å². The minimum absolute atomic E-state index is 0.0632. The van der Waals surface area contributed by atoms with Crippen LogP contribution in [0.15, 0.2) is 41.8 Å². The first-order chi connectivity index (χ1) is 9.25. The van der Waals surface area contributed by atoms with Gasteiger partial charge in [0, 0.05) is 0 Å². The van der Waals surface area contributed by atoms with Crippen molar-refractivity contribution < 1.29 is 4.79 Å². The van der Waals surface area contributed by atoms with Crippen LogP contribution in [0, 0.1) is 12.8 Å². The summed E-state index contributed by atoms with van der Waals surface area (Å²) in [6, 6.07) is 12.4. The first-order valence-electron chi connectivity index (χ1n) is 6.65. The molecule has 1 aliphatic carbocycles. The highest BCUT2D eigenvalue weighted by Gasteiger charge is 2.33. The van der Waals surface area contributed by atoms with Gasteiger partial charge in [-0.05, 0) is 48.3 Å². The molecule has 0 aliphatic heterocycles. The van der Waals surface area contributed by atoms with Crippen molar-refractivity contribution in [3.8, 4) is 0 Å². The van der Waals surface area contributed by atoms with Crippen molar-refractivity contribution in [2.24, 2.45) is 5.92 Å². The Bertz CT molecular complexity index is 571. The maximum Gasteiger partial charge on any atom is 0.262 e. The fraction of sp³-hybridized carbons (Fsp3) is 0.312. The van der Waals surface area contributed by atoms with E-state index in [0.717, 1.165) is 10.4 Å². The summed E-state index contributed by atoms with van der Waals surface area (Å²) in [5.74, 6) is 0.667. The molecule has 98 valence electrons. The summed E-state index contributed by atoms with van der Waals surface area (Å²) in [5, 5.41) is 5.18. The molecule has 1 heterocycles. The number of benzene rings is 1. The number of thiophene rings is 1. The van der Waals surface area contributed by atoms with E-state index in [2.05, 4.69) is 17.4 Å². The van der Waals surface area contributed by atoms with Crippen LogP contribution in [0.1, 0.15) is 39.7 Å². The summed E-state index contributed by atoms with van der Waals surface area (Å²) in [6.45, 7) is 1.99. The summed E-state index contributed by atoms with van der Waals surface area (Å²) in [7, 11) is 0. The van der Waals surface area contributed by atoms with E-state index in [9.17, 15) is 4.79 Å². The number of carbonyl (C=O) groups is 1. The Balaban J connectivity index is 1.79. The van der Waals surface area contributed by atoms with Crippen molar-refractivity contribution in [1.82, 2.24) is 5.32 Å². The minimum atomic E-state index is 0.0632. The van der Waals surface area contributed by atoms with E-state index in [1.54, 1.807) is 0 Å². The van der Waals surface area contributed by atoms with Crippen LogP contribution in [0.5, 0.6) is 0 Å². The van der Waals surface area contributed by atoms with Gasteiger partial charge in [0.25, 0.3) is 5.91 Å². The molecule has 0 saturated heterocycles. The van der Waals surface area contributed by atoms with Crippen molar-refractivity contribution in [2.75, 3.05) is 0 Å². The summed E-state index contributed by atoms with van der Waals surface area (Å²) < 4.78 is 0. The van der Waals surface area contributed by atoms with Gasteiger partial charge in [-0.25, -0.2) is 0 Å². The summed E-state index contributed by atoms with van der Waals surface area (Å²) in [5.41, 5.74) is 2.28. The number of nitrogens with one attached hydrogen (secondary N) is 1. The van der Waals surface area contributed by atoms with Crippen LogP contribution in [0.4, 0.5) is 0 Å². The van der Waals surface area contributed by atoms with E-state index in [4.69, 9.17) is 0 Å². The van der Waals surface area contributed by atoms with Gasteiger partial charge in [0.1, 0.15) is 0 Å². The zero-order valence-corrected chi connectivity index (χ0v) is 11.7. The minimum Gasteiger partial charge on any atom is -0.344 e. The number of aryl methyl sites for hydroxylation is 1. The average molecular weight is 271 g/mol. The number of rotatable bonds is 4. The Morgan fingerprint density at radius 3 is 2.58 bits per heavy atom. The third-order valence-electron chi connectivity index (χ3n) is 3.61. The molecule has 3 heteroatoms. The maximum absolute atomic E-state index is 12.3. The summed E-state index contributed by atoms with van der Waals surface area (Å²) in [4.78, 5) is 13.2. The highest BCUT2D eigenvalue weighted by Crippen LogP contribution is 2.41. The molecule has 3 rings (SSSR count). The molecule has 1 aromatic heterocycles. The fourth-order valence-electron chi connectivity index (χ4n) is 2.38. The molecule has 0 radical (unpaired) electrons. The van der Waals surface area contributed by atoms with Crippen LogP contribution in [-0.2, 0) is 0 Å². The SMILES string of the molecule is Cc1ccsc1C(=O)NC(c1ccccc1)C1CC1. The van der Waals surface area contributed by atoms with Crippen LogP contribution >= 0.6 is 11.3 Å². The molecule has 1 amide bonds. The van der Waals surface area contributed by atoms with Gasteiger partial charge < -0.3 is 5.32 Å². The summed E-state index contributed by atoms with van der Waals surface area (Å²) >= 11 is 1.51. The summed E-state index contributed by atoms with van der Waals surface area (Å²) in [6.07, 6.45) is 2.42. The van der Waals surface area contributed by atoms with Gasteiger partial charge >= 0.3 is 0 Å². The molecule has 1 saturated carbocycles. The van der Waals surface area contributed by atoms with Gasteiger partial charge in [-0.15, -0.1) is 11.3 Å². The van der Waals surface area contributed by atoms with Crippen LogP contribution < -0.4 is 5.32 Å². The Hall–Kier alpha value is -1.61. The van der Waals surface area contributed by atoms with Crippen LogP contribution in [0.25, 0.3) is 0 Å². The molecule has 2 nitrogen and oxygen atoms in total. The largest absolute Gasteiger partial charge is 0.344 e. The molecular formula is C16H17NOS. The first-order valence-corrected chi connectivity index (χ1v) is 7.53. The fourth-order valence-corrected chi connectivity index (χ4v) is 3.20. The topological polar surface area (TPSA) is 29.1 Å². The average Bonchev–Trinajstić information content (AvgIpc) is 3.18. The third kappa shape index (κ3) is 2.71. The zero-order valence-electron chi connectivity index (χ0n) is 10.9. The van der Waals surface area contributed by atoms with E-state index >= 15 is 0 Å². The Morgan fingerprint density at radius 1 is 1.26 bits per heavy atom. The number of carbonyl (C=O) groups excluding carboxylic acids is 1. The molecule has 1 atom stereocenters. The highest BCUT2D eigenvalue weighted by atomic mass is 32.1. The molecule has 0 spiro atoms. The Morgan fingerprint density at radius 2 is 2.00 bits per heavy atom. The molecule has 1 N–H and O–H groups in total. The van der Waals surface area contributed by atoms with Crippen molar-refractivity contribution in [1.29, 1.82) is 0 Å². The maximum atomic E-state index is 12.3. The van der Waals surface area contributed by atoms with Crippen molar-refractivity contribution in [3.05, 3.63) is 57.8 Å². The normalized spacial score (nSPS) is 16.1. The quantitative estimate of drug-likeness (QED) is 0.896. The second-order valence-corrected chi connectivity index (χ2v) is 6.05. The number of hydrogen-bond donors (Lipinski definition) is 1. The molecule has 1 fully saturated rings. The van der Waals surface area contributed by atoms with Crippen LogP contribution in [0.3, 0.4) is 0 Å². The van der Waals surface area contributed by atoms with Crippen molar-refractivity contribution >= 4 is 17.2 Å². The number of hydrogen-bond acceptors (Lipinski definition) is 2. The Labute approximate surface area is 117 Å². The zero-order chi connectivity index (χ0) is 13.2. The third-order valence-corrected chi connectivity index (χ3v) is 4.62. The van der Waals surface area contributed by atoms with Gasteiger partial charge in [0.15, 0.2) is 0 Å². The second kappa shape index (κ2) is 5.17. The smallest absolute Gasteiger partial charge is 0.262 e. The lowest BCUT2D eigenvalue weighted by Gasteiger charge is -2.18. The van der Waals surface area contributed by atoms with Gasteiger partial charge in [-0.3, -0.25) is 4.79 Å². The lowest BCUT2D eigenvalue weighted by molar-refractivity contribution is 0.0935. The van der Waals surface area contributed by atoms with Gasteiger partial charge in [0.2, 0.25) is 0 Å². The molecule has 1 unspecified atom stereocenters. The van der Waals surface area contributed by atoms with Crippen LogP contribution in [0.2, 0.25) is 0 Å². The number of amides is 1. The standard InChI is InChI=1S/C16H17NOS/c1-11-9-10-19-15(11)16(18)17-14(13-7-8-13)12-5-3-2-4-6-12/h2-6,9-10,13-14H,7-8H2,1H3,(H,17,18). The lowest BCUT2D eigenvalue weighted by Crippen LogP contribution is -2.29. The molecule has 19 heavy (non-hydrogen) atoms. The lowest BCUT2D eigenvalue weighted by atomic mass is 10.0. The van der Waals surface area contributed by atoms with Crippen LogP contribution in [-0.4, -0.2) is 5.91 Å². The van der Waals surface area contributed by atoms with E-state index in [1.165, 1.54) is 29.7 Å². The Kier molecular flexibility index (Phi) is 3.38. The first kappa shape index (κ1) is 12.4. The predicted molar refractivity (Wildman–Crippen MR) is 78.4 cm³/mol. The van der Waals surface area contributed by atoms with Gasteiger partial charge in [-0.2, -0.15) is 0 Å². The van der Waals surface area contributed by atoms with Gasteiger partial charge in [-0.1, -0.05) is 30.3 Å².